The van der Waals surface area contributed by atoms with Gasteiger partial charge in [0.25, 0.3) is 0 Å². The third kappa shape index (κ3) is 3.43. The lowest BCUT2D eigenvalue weighted by atomic mass is 9.79. The Kier molecular flexibility index (Phi) is 5.16. The Morgan fingerprint density at radius 3 is 2.74 bits per heavy atom. The molecule has 2 N–H and O–H groups in total. The fraction of sp³-hybridized carbons (Fsp3) is 0.346. The highest BCUT2D eigenvalue weighted by Gasteiger charge is 2.38. The lowest BCUT2D eigenvalue weighted by Gasteiger charge is -2.28. The van der Waals surface area contributed by atoms with Gasteiger partial charge in [0.15, 0.2) is 11.6 Å². The van der Waals surface area contributed by atoms with Gasteiger partial charge in [-0.15, -0.1) is 0 Å². The molecule has 1 fully saturated rings. The van der Waals surface area contributed by atoms with E-state index in [1.54, 1.807) is 6.20 Å². The van der Waals surface area contributed by atoms with Crippen LogP contribution in [-0.2, 0) is 10.2 Å². The number of fused-ring (bicyclic) bond motifs is 2. The second-order valence-corrected chi connectivity index (χ2v) is 9.79. The molecular weight excluding hydrogens is 438 g/mol. The van der Waals surface area contributed by atoms with E-state index in [2.05, 4.69) is 16.3 Å². The fourth-order valence-electron chi connectivity index (χ4n) is 5.47. The van der Waals surface area contributed by atoms with Crippen LogP contribution in [0, 0.1) is 28.9 Å². The van der Waals surface area contributed by atoms with Crippen molar-refractivity contribution in [2.75, 3.05) is 0 Å². The summed E-state index contributed by atoms with van der Waals surface area (Å²) in [7, 11) is 0. The number of carboxylic acids is 1. The maximum Gasteiger partial charge on any atom is 0.306 e. The molecule has 2 aromatic carbocycles. The standard InChI is InChI=1S/C26H24F2N4O2/c1-26(2,7-8-29)24-23(14-3-4-15(9-14)25(33)34)18-12-21-16(13-30-31-21)10-22(18)32(24)17-5-6-19(27)20(28)11-17/h5-6,10-15H,3-4,7,9H2,1-2H3,(H,30,31)(H,33,34)/t14-,15?/m1/s1. The molecule has 1 aliphatic carbocycles. The fourth-order valence-corrected chi connectivity index (χ4v) is 5.47. The number of nitrogens with one attached hydrogen (secondary N) is 1. The maximum absolute atomic E-state index is 14.4. The highest BCUT2D eigenvalue weighted by Crippen LogP contribution is 2.48. The summed E-state index contributed by atoms with van der Waals surface area (Å²) < 4.78 is 30.1. The zero-order valence-corrected chi connectivity index (χ0v) is 18.9. The van der Waals surface area contributed by atoms with Crippen LogP contribution < -0.4 is 0 Å². The first-order valence-electron chi connectivity index (χ1n) is 11.3. The Balaban J connectivity index is 1.89. The van der Waals surface area contributed by atoms with E-state index in [0.29, 0.717) is 24.9 Å². The van der Waals surface area contributed by atoms with E-state index in [4.69, 9.17) is 0 Å². The lowest BCUT2D eigenvalue weighted by Crippen LogP contribution is -2.23. The highest BCUT2D eigenvalue weighted by atomic mass is 19.2. The number of nitriles is 1. The molecular formula is C26H24F2N4O2. The first-order valence-corrected chi connectivity index (χ1v) is 11.3. The van der Waals surface area contributed by atoms with Crippen molar-refractivity contribution in [3.63, 3.8) is 0 Å². The van der Waals surface area contributed by atoms with Crippen LogP contribution in [0.15, 0.2) is 36.5 Å². The number of H-pyrrole nitrogens is 1. The normalized spacial score (nSPS) is 18.6. The topological polar surface area (TPSA) is 94.7 Å². The van der Waals surface area contributed by atoms with Crippen LogP contribution >= 0.6 is 0 Å². The van der Waals surface area contributed by atoms with Crippen LogP contribution in [0.5, 0.6) is 0 Å². The van der Waals surface area contributed by atoms with Gasteiger partial charge in [0, 0.05) is 40.1 Å². The van der Waals surface area contributed by atoms with E-state index in [1.807, 2.05) is 30.5 Å². The second-order valence-electron chi connectivity index (χ2n) is 9.79. The molecule has 8 heteroatoms. The molecule has 34 heavy (non-hydrogen) atoms. The number of hydrogen-bond donors (Lipinski definition) is 2. The van der Waals surface area contributed by atoms with Gasteiger partial charge >= 0.3 is 5.97 Å². The van der Waals surface area contributed by atoms with Crippen molar-refractivity contribution in [3.8, 4) is 11.8 Å². The van der Waals surface area contributed by atoms with Gasteiger partial charge in [-0.3, -0.25) is 9.89 Å². The number of carboxylic acid groups (broad SMARTS) is 1. The minimum Gasteiger partial charge on any atom is -0.481 e. The van der Waals surface area contributed by atoms with Crippen molar-refractivity contribution in [1.29, 1.82) is 5.26 Å². The van der Waals surface area contributed by atoms with Crippen molar-refractivity contribution in [2.24, 2.45) is 5.92 Å². The van der Waals surface area contributed by atoms with Gasteiger partial charge in [0.2, 0.25) is 0 Å². The van der Waals surface area contributed by atoms with E-state index in [9.17, 15) is 23.9 Å². The maximum atomic E-state index is 14.4. The second kappa shape index (κ2) is 7.94. The van der Waals surface area contributed by atoms with E-state index < -0.39 is 28.9 Å². The lowest BCUT2D eigenvalue weighted by molar-refractivity contribution is -0.141. The van der Waals surface area contributed by atoms with Crippen LogP contribution in [0.4, 0.5) is 8.78 Å². The third-order valence-electron chi connectivity index (χ3n) is 7.08. The molecule has 174 valence electrons. The van der Waals surface area contributed by atoms with Gasteiger partial charge in [-0.25, -0.2) is 8.78 Å². The summed E-state index contributed by atoms with van der Waals surface area (Å²) in [5, 5.41) is 28.1. The average molecular weight is 463 g/mol. The number of rotatable bonds is 5. The number of nitrogens with zero attached hydrogens (tertiary/aromatic N) is 3. The molecule has 1 saturated carbocycles. The molecule has 0 saturated heterocycles. The van der Waals surface area contributed by atoms with Crippen molar-refractivity contribution < 1.29 is 18.7 Å². The van der Waals surface area contributed by atoms with Gasteiger partial charge in [-0.2, -0.15) is 10.4 Å². The number of benzene rings is 2. The van der Waals surface area contributed by atoms with Gasteiger partial charge in [0.05, 0.1) is 29.2 Å². The van der Waals surface area contributed by atoms with Gasteiger partial charge in [0.1, 0.15) is 0 Å². The molecule has 2 heterocycles. The molecule has 0 radical (unpaired) electrons. The predicted octanol–water partition coefficient (Wildman–Crippen LogP) is 5.94. The summed E-state index contributed by atoms with van der Waals surface area (Å²) >= 11 is 0. The molecule has 1 unspecified atom stereocenters. The number of hydrogen-bond acceptors (Lipinski definition) is 3. The Labute approximate surface area is 194 Å². The van der Waals surface area contributed by atoms with E-state index in [0.717, 1.165) is 39.1 Å². The zero-order chi connectivity index (χ0) is 24.2. The number of halogens is 2. The van der Waals surface area contributed by atoms with Crippen LogP contribution in [0.25, 0.3) is 27.5 Å². The molecule has 0 amide bonds. The third-order valence-corrected chi connectivity index (χ3v) is 7.08. The van der Waals surface area contributed by atoms with E-state index in [-0.39, 0.29) is 12.3 Å². The van der Waals surface area contributed by atoms with Crippen LogP contribution in [-0.4, -0.2) is 25.8 Å². The largest absolute Gasteiger partial charge is 0.481 e. The predicted molar refractivity (Wildman–Crippen MR) is 124 cm³/mol. The number of aliphatic carboxylic acids is 1. The van der Waals surface area contributed by atoms with E-state index >= 15 is 0 Å². The first-order chi connectivity index (χ1) is 16.2. The van der Waals surface area contributed by atoms with Crippen molar-refractivity contribution in [1.82, 2.24) is 14.8 Å². The summed E-state index contributed by atoms with van der Waals surface area (Å²) in [4.78, 5) is 11.7. The molecule has 4 aromatic rings. The molecule has 5 rings (SSSR count). The minimum absolute atomic E-state index is 0.0384. The summed E-state index contributed by atoms with van der Waals surface area (Å²) in [6.07, 6.45) is 3.66. The SMILES string of the molecule is CC(C)(CC#N)c1c([C@@H]2CCC(C(=O)O)C2)c2cc3[nH]ncc3cc2n1-c1ccc(F)c(F)c1. The summed E-state index contributed by atoms with van der Waals surface area (Å²) in [6, 6.07) is 10.0. The first kappa shape index (κ1) is 22.1. The quantitative estimate of drug-likeness (QED) is 0.383. The van der Waals surface area contributed by atoms with Gasteiger partial charge in [-0.1, -0.05) is 13.8 Å². The molecule has 1 aliphatic rings. The summed E-state index contributed by atoms with van der Waals surface area (Å²) in [5.41, 5.74) is 3.23. The number of carbonyl (C=O) groups is 1. The van der Waals surface area contributed by atoms with E-state index in [1.165, 1.54) is 12.1 Å². The zero-order valence-electron chi connectivity index (χ0n) is 18.9. The Morgan fingerprint density at radius 1 is 1.26 bits per heavy atom. The van der Waals surface area contributed by atoms with Crippen LogP contribution in [0.2, 0.25) is 0 Å². The van der Waals surface area contributed by atoms with Crippen LogP contribution in [0.3, 0.4) is 0 Å². The van der Waals surface area contributed by atoms with Crippen LogP contribution in [0.1, 0.15) is 56.7 Å². The van der Waals surface area contributed by atoms with Gasteiger partial charge in [-0.05, 0) is 55.0 Å². The van der Waals surface area contributed by atoms with Gasteiger partial charge < -0.3 is 9.67 Å². The Morgan fingerprint density at radius 2 is 2.06 bits per heavy atom. The molecule has 0 aliphatic heterocycles. The molecule has 2 atom stereocenters. The molecule has 0 spiro atoms. The Hall–Kier alpha value is -3.73. The molecule has 2 aromatic heterocycles. The van der Waals surface area contributed by atoms with Crippen molar-refractivity contribution in [3.05, 3.63) is 59.4 Å². The number of aromatic nitrogens is 3. The minimum atomic E-state index is -0.957. The summed E-state index contributed by atoms with van der Waals surface area (Å²) in [6.45, 7) is 3.92. The smallest absolute Gasteiger partial charge is 0.306 e. The highest BCUT2D eigenvalue weighted by molar-refractivity contribution is 5.99. The average Bonchev–Trinajstić information content (AvgIpc) is 3.50. The molecule has 0 bridgehead atoms. The monoisotopic (exact) mass is 462 g/mol. The van der Waals surface area contributed by atoms with Crippen molar-refractivity contribution in [2.45, 2.75) is 50.9 Å². The van der Waals surface area contributed by atoms with Crippen molar-refractivity contribution >= 4 is 27.8 Å². The number of aromatic amines is 1. The molecule has 6 nitrogen and oxygen atoms in total. The Bertz CT molecular complexity index is 1480. The summed E-state index contributed by atoms with van der Waals surface area (Å²) in [5.74, 6) is -3.17.